The Balaban J connectivity index is 2.27. The zero-order valence-electron chi connectivity index (χ0n) is 9.99. The van der Waals surface area contributed by atoms with E-state index in [9.17, 15) is 18.0 Å². The van der Waals surface area contributed by atoms with Crippen LogP contribution in [0.15, 0.2) is 17.2 Å². The van der Waals surface area contributed by atoms with Gasteiger partial charge in [-0.2, -0.15) is 4.72 Å². The van der Waals surface area contributed by atoms with Crippen LogP contribution >= 0.6 is 0 Å². The standard InChI is InChI=1S/C10H12N2O6S/c1-12-5-6(4-8(12)9(13)14)19(16,17)11-7-2-3-18-10(7)15/h4-5,7,11H,2-3H2,1H3,(H,13,14). The molecule has 1 fully saturated rings. The molecule has 8 nitrogen and oxygen atoms in total. The second-order valence-electron chi connectivity index (χ2n) is 4.11. The number of carboxylic acid groups (broad SMARTS) is 1. The highest BCUT2D eigenvalue weighted by atomic mass is 32.2. The molecular weight excluding hydrogens is 276 g/mol. The Morgan fingerprint density at radius 2 is 2.26 bits per heavy atom. The van der Waals surface area contributed by atoms with Crippen molar-refractivity contribution in [1.82, 2.24) is 9.29 Å². The molecule has 1 aliphatic heterocycles. The van der Waals surface area contributed by atoms with E-state index in [-0.39, 0.29) is 23.6 Å². The summed E-state index contributed by atoms with van der Waals surface area (Å²) >= 11 is 0. The fraction of sp³-hybridized carbons (Fsp3) is 0.400. The number of aromatic nitrogens is 1. The Morgan fingerprint density at radius 1 is 1.58 bits per heavy atom. The molecule has 104 valence electrons. The molecule has 0 spiro atoms. The van der Waals surface area contributed by atoms with Crippen LogP contribution in [0.25, 0.3) is 0 Å². The summed E-state index contributed by atoms with van der Waals surface area (Å²) in [7, 11) is -2.52. The van der Waals surface area contributed by atoms with Crippen molar-refractivity contribution < 1.29 is 27.9 Å². The van der Waals surface area contributed by atoms with Gasteiger partial charge in [0.15, 0.2) is 0 Å². The van der Waals surface area contributed by atoms with E-state index in [0.29, 0.717) is 0 Å². The number of aromatic carboxylic acids is 1. The van der Waals surface area contributed by atoms with E-state index in [4.69, 9.17) is 5.11 Å². The number of nitrogens with zero attached hydrogens (tertiary/aromatic N) is 1. The lowest BCUT2D eigenvalue weighted by Gasteiger charge is -2.07. The average Bonchev–Trinajstić information content (AvgIpc) is 2.86. The first-order valence-corrected chi connectivity index (χ1v) is 6.88. The molecule has 2 N–H and O–H groups in total. The minimum absolute atomic E-state index is 0.158. The van der Waals surface area contributed by atoms with Crippen molar-refractivity contribution in [3.63, 3.8) is 0 Å². The summed E-state index contributed by atoms with van der Waals surface area (Å²) in [4.78, 5) is 21.9. The van der Waals surface area contributed by atoms with Crippen LogP contribution in [0.5, 0.6) is 0 Å². The lowest BCUT2D eigenvalue weighted by molar-refractivity contribution is -0.139. The monoisotopic (exact) mass is 288 g/mol. The van der Waals surface area contributed by atoms with Gasteiger partial charge in [0.1, 0.15) is 16.6 Å². The first kappa shape index (κ1) is 13.6. The predicted octanol–water partition coefficient (Wildman–Crippen LogP) is -0.683. The molecule has 19 heavy (non-hydrogen) atoms. The van der Waals surface area contributed by atoms with Crippen LogP contribution in [0.1, 0.15) is 16.9 Å². The number of nitrogens with one attached hydrogen (secondary N) is 1. The number of esters is 1. The van der Waals surface area contributed by atoms with Gasteiger partial charge in [0.2, 0.25) is 10.0 Å². The quantitative estimate of drug-likeness (QED) is 0.709. The van der Waals surface area contributed by atoms with E-state index in [1.54, 1.807) is 0 Å². The third kappa shape index (κ3) is 2.61. The maximum absolute atomic E-state index is 12.0. The van der Waals surface area contributed by atoms with Crippen LogP contribution in [0.4, 0.5) is 0 Å². The van der Waals surface area contributed by atoms with Crippen LogP contribution < -0.4 is 4.72 Å². The molecular formula is C10H12N2O6S. The SMILES string of the molecule is Cn1cc(S(=O)(=O)NC2CCOC2=O)cc1C(=O)O. The van der Waals surface area contributed by atoms with E-state index in [1.807, 2.05) is 0 Å². The van der Waals surface area contributed by atoms with Crippen molar-refractivity contribution in [2.45, 2.75) is 17.4 Å². The van der Waals surface area contributed by atoms with Gasteiger partial charge in [0.25, 0.3) is 0 Å². The second kappa shape index (κ2) is 4.67. The number of sulfonamides is 1. The van der Waals surface area contributed by atoms with E-state index in [0.717, 1.165) is 6.07 Å². The predicted molar refractivity (Wildman–Crippen MR) is 62.1 cm³/mol. The molecule has 1 aromatic heterocycles. The molecule has 0 bridgehead atoms. The molecule has 0 saturated carbocycles. The number of hydrogen-bond donors (Lipinski definition) is 2. The third-order valence-corrected chi connectivity index (χ3v) is 4.18. The minimum atomic E-state index is -3.95. The maximum atomic E-state index is 12.0. The van der Waals surface area contributed by atoms with E-state index >= 15 is 0 Å². The van der Waals surface area contributed by atoms with Crippen LogP contribution in [-0.4, -0.2) is 42.7 Å². The van der Waals surface area contributed by atoms with Gasteiger partial charge in [-0.3, -0.25) is 4.79 Å². The largest absolute Gasteiger partial charge is 0.477 e. The minimum Gasteiger partial charge on any atom is -0.477 e. The molecule has 1 saturated heterocycles. The van der Waals surface area contributed by atoms with Crippen molar-refractivity contribution in [1.29, 1.82) is 0 Å². The van der Waals surface area contributed by atoms with E-state index < -0.39 is 28.0 Å². The van der Waals surface area contributed by atoms with Crippen LogP contribution in [0.2, 0.25) is 0 Å². The van der Waals surface area contributed by atoms with Gasteiger partial charge in [-0.25, -0.2) is 13.2 Å². The van der Waals surface area contributed by atoms with E-state index in [1.165, 1.54) is 17.8 Å². The van der Waals surface area contributed by atoms with Gasteiger partial charge >= 0.3 is 11.9 Å². The van der Waals surface area contributed by atoms with E-state index in [2.05, 4.69) is 9.46 Å². The zero-order valence-corrected chi connectivity index (χ0v) is 10.8. The fourth-order valence-corrected chi connectivity index (χ4v) is 3.04. The van der Waals surface area contributed by atoms with Crippen molar-refractivity contribution in [3.05, 3.63) is 18.0 Å². The summed E-state index contributed by atoms with van der Waals surface area (Å²) < 4.78 is 32.0. The summed E-state index contributed by atoms with van der Waals surface area (Å²) in [6, 6.07) is 0.115. The molecule has 1 aliphatic rings. The summed E-state index contributed by atoms with van der Waals surface area (Å²) in [6.45, 7) is 0.168. The van der Waals surface area contributed by atoms with Crippen molar-refractivity contribution in [2.75, 3.05) is 6.61 Å². The van der Waals surface area contributed by atoms with Crippen LogP contribution in [0.3, 0.4) is 0 Å². The van der Waals surface area contributed by atoms with Gasteiger partial charge < -0.3 is 14.4 Å². The molecule has 0 amide bonds. The van der Waals surface area contributed by atoms with Gasteiger partial charge in [-0.1, -0.05) is 0 Å². The summed E-state index contributed by atoms with van der Waals surface area (Å²) in [5, 5.41) is 8.86. The first-order valence-electron chi connectivity index (χ1n) is 5.40. The molecule has 9 heteroatoms. The Morgan fingerprint density at radius 3 is 2.74 bits per heavy atom. The number of rotatable bonds is 4. The normalized spacial score (nSPS) is 19.4. The number of aryl methyl sites for hydroxylation is 1. The lowest BCUT2D eigenvalue weighted by atomic mass is 10.3. The number of cyclic esters (lactones) is 1. The number of ether oxygens (including phenoxy) is 1. The molecule has 0 aliphatic carbocycles. The van der Waals surface area contributed by atoms with Crippen molar-refractivity contribution in [2.24, 2.45) is 7.05 Å². The molecule has 1 aromatic rings. The lowest BCUT2D eigenvalue weighted by Crippen LogP contribution is -2.37. The molecule has 2 rings (SSSR count). The first-order chi connectivity index (χ1) is 8.81. The van der Waals surface area contributed by atoms with Gasteiger partial charge in [-0.05, 0) is 6.07 Å². The molecule has 1 atom stereocenters. The zero-order chi connectivity index (χ0) is 14.2. The van der Waals surface area contributed by atoms with Crippen LogP contribution in [-0.2, 0) is 26.6 Å². The Kier molecular flexibility index (Phi) is 3.33. The third-order valence-electron chi connectivity index (χ3n) is 2.74. The molecule has 0 aromatic carbocycles. The second-order valence-corrected chi connectivity index (χ2v) is 5.82. The average molecular weight is 288 g/mol. The number of hydrogen-bond acceptors (Lipinski definition) is 5. The molecule has 1 unspecified atom stereocenters. The highest BCUT2D eigenvalue weighted by Crippen LogP contribution is 2.16. The number of carbonyl (C=O) groups is 2. The highest BCUT2D eigenvalue weighted by molar-refractivity contribution is 7.89. The van der Waals surface area contributed by atoms with Gasteiger partial charge in [0, 0.05) is 19.7 Å². The van der Waals surface area contributed by atoms with Crippen LogP contribution in [0, 0.1) is 0 Å². The fourth-order valence-electron chi connectivity index (χ4n) is 1.75. The molecule has 0 radical (unpaired) electrons. The number of carboxylic acids is 1. The Bertz CT molecular complexity index is 632. The maximum Gasteiger partial charge on any atom is 0.352 e. The summed E-state index contributed by atoms with van der Waals surface area (Å²) in [5.74, 6) is -1.86. The molecule has 2 heterocycles. The summed E-state index contributed by atoms with van der Waals surface area (Å²) in [5.41, 5.74) is -0.158. The van der Waals surface area contributed by atoms with Crippen molar-refractivity contribution in [3.8, 4) is 0 Å². The van der Waals surface area contributed by atoms with Gasteiger partial charge in [0.05, 0.1) is 6.61 Å². The van der Waals surface area contributed by atoms with Gasteiger partial charge in [-0.15, -0.1) is 0 Å². The smallest absolute Gasteiger partial charge is 0.352 e. The number of carbonyl (C=O) groups excluding carboxylic acids is 1. The highest BCUT2D eigenvalue weighted by Gasteiger charge is 2.32. The Labute approximate surface area is 109 Å². The Hall–Kier alpha value is -1.87. The summed E-state index contributed by atoms with van der Waals surface area (Å²) in [6.07, 6.45) is 1.43. The van der Waals surface area contributed by atoms with Crippen molar-refractivity contribution >= 4 is 22.0 Å². The topological polar surface area (TPSA) is 115 Å².